The van der Waals surface area contributed by atoms with Crippen LogP contribution in [-0.4, -0.2) is 23.8 Å². The third-order valence-electron chi connectivity index (χ3n) is 3.80. The van der Waals surface area contributed by atoms with Gasteiger partial charge in [-0.25, -0.2) is 0 Å². The number of hydrogen-bond donors (Lipinski definition) is 0. The summed E-state index contributed by atoms with van der Waals surface area (Å²) in [5, 5.41) is 0.727. The lowest BCUT2D eigenvalue weighted by Crippen LogP contribution is -2.36. The van der Waals surface area contributed by atoms with Crippen LogP contribution in [0.2, 0.25) is 10.0 Å². The highest BCUT2D eigenvalue weighted by Crippen LogP contribution is 2.28. The predicted octanol–water partition coefficient (Wildman–Crippen LogP) is 4.43. The first kappa shape index (κ1) is 14.6. The molecule has 0 spiro atoms. The van der Waals surface area contributed by atoms with Crippen LogP contribution in [-0.2, 0) is 6.54 Å². The standard InChI is InChI=1S/C17H15Cl2NO/c18-15-8-3-7-14(16(15)19)17(21)13-6-2-1-5-12(13)11-20-9-4-10-20/h1-3,5-8H,4,9-11H2. The highest BCUT2D eigenvalue weighted by Gasteiger charge is 2.20. The van der Waals surface area contributed by atoms with Gasteiger partial charge in [0.25, 0.3) is 0 Å². The maximum absolute atomic E-state index is 12.8. The third kappa shape index (κ3) is 2.98. The van der Waals surface area contributed by atoms with E-state index in [4.69, 9.17) is 23.2 Å². The van der Waals surface area contributed by atoms with E-state index >= 15 is 0 Å². The molecule has 0 saturated carbocycles. The van der Waals surface area contributed by atoms with E-state index in [1.165, 1.54) is 6.42 Å². The molecule has 0 N–H and O–H groups in total. The van der Waals surface area contributed by atoms with Crippen LogP contribution in [0.25, 0.3) is 0 Å². The van der Waals surface area contributed by atoms with Crippen molar-refractivity contribution in [2.75, 3.05) is 13.1 Å². The molecule has 1 heterocycles. The quantitative estimate of drug-likeness (QED) is 0.777. The van der Waals surface area contributed by atoms with E-state index in [-0.39, 0.29) is 5.78 Å². The van der Waals surface area contributed by atoms with Gasteiger partial charge in [-0.05, 0) is 37.2 Å². The number of halogens is 2. The Labute approximate surface area is 134 Å². The number of nitrogens with zero attached hydrogens (tertiary/aromatic N) is 1. The lowest BCUT2D eigenvalue weighted by atomic mass is 9.97. The van der Waals surface area contributed by atoms with Crippen molar-refractivity contribution < 1.29 is 4.79 Å². The largest absolute Gasteiger partial charge is 0.299 e. The summed E-state index contributed by atoms with van der Waals surface area (Å²) in [5.41, 5.74) is 2.20. The number of benzene rings is 2. The van der Waals surface area contributed by atoms with E-state index in [1.807, 2.05) is 24.3 Å². The molecular weight excluding hydrogens is 305 g/mol. The van der Waals surface area contributed by atoms with E-state index in [9.17, 15) is 4.79 Å². The summed E-state index contributed by atoms with van der Waals surface area (Å²) in [7, 11) is 0. The van der Waals surface area contributed by atoms with E-state index in [1.54, 1.807) is 18.2 Å². The van der Waals surface area contributed by atoms with E-state index < -0.39 is 0 Å². The van der Waals surface area contributed by atoms with Gasteiger partial charge in [0.15, 0.2) is 5.78 Å². The summed E-state index contributed by atoms with van der Waals surface area (Å²) in [6, 6.07) is 12.9. The first-order valence-corrected chi connectivity index (χ1v) is 7.71. The minimum atomic E-state index is -0.0707. The molecule has 1 saturated heterocycles. The van der Waals surface area contributed by atoms with Gasteiger partial charge < -0.3 is 0 Å². The van der Waals surface area contributed by atoms with E-state index in [2.05, 4.69) is 4.90 Å². The molecule has 1 fully saturated rings. The maximum Gasteiger partial charge on any atom is 0.194 e. The van der Waals surface area contributed by atoms with Crippen LogP contribution in [0.1, 0.15) is 27.9 Å². The second kappa shape index (κ2) is 6.18. The highest BCUT2D eigenvalue weighted by atomic mass is 35.5. The molecule has 2 nitrogen and oxygen atoms in total. The SMILES string of the molecule is O=C(c1ccccc1CN1CCC1)c1cccc(Cl)c1Cl. The Morgan fingerprint density at radius 3 is 2.43 bits per heavy atom. The van der Waals surface area contributed by atoms with Crippen LogP contribution >= 0.6 is 23.2 Å². The van der Waals surface area contributed by atoms with Crippen LogP contribution in [0.5, 0.6) is 0 Å². The van der Waals surface area contributed by atoms with Crippen molar-refractivity contribution in [2.45, 2.75) is 13.0 Å². The Morgan fingerprint density at radius 2 is 1.71 bits per heavy atom. The summed E-state index contributed by atoms with van der Waals surface area (Å²) in [6.45, 7) is 3.00. The number of hydrogen-bond acceptors (Lipinski definition) is 2. The average Bonchev–Trinajstić information content (AvgIpc) is 2.45. The van der Waals surface area contributed by atoms with Gasteiger partial charge in [0, 0.05) is 17.7 Å². The molecule has 0 aromatic heterocycles. The van der Waals surface area contributed by atoms with Gasteiger partial charge in [-0.2, -0.15) is 0 Å². The van der Waals surface area contributed by atoms with Gasteiger partial charge in [0.2, 0.25) is 0 Å². The summed E-state index contributed by atoms with van der Waals surface area (Å²) >= 11 is 12.2. The third-order valence-corrected chi connectivity index (χ3v) is 4.62. The molecular formula is C17H15Cl2NO. The topological polar surface area (TPSA) is 20.3 Å². The number of likely N-dealkylation sites (tertiary alicyclic amines) is 1. The van der Waals surface area contributed by atoms with Crippen LogP contribution < -0.4 is 0 Å². The Kier molecular flexibility index (Phi) is 4.29. The molecule has 108 valence electrons. The minimum Gasteiger partial charge on any atom is -0.299 e. The smallest absolute Gasteiger partial charge is 0.194 e. The van der Waals surface area contributed by atoms with Crippen molar-refractivity contribution >= 4 is 29.0 Å². The van der Waals surface area contributed by atoms with Gasteiger partial charge in [0.1, 0.15) is 0 Å². The molecule has 2 aromatic rings. The fourth-order valence-electron chi connectivity index (χ4n) is 2.48. The normalized spacial score (nSPS) is 14.8. The van der Waals surface area contributed by atoms with E-state index in [0.717, 1.165) is 25.2 Å². The van der Waals surface area contributed by atoms with Crippen molar-refractivity contribution in [3.63, 3.8) is 0 Å². The second-order valence-corrected chi connectivity index (χ2v) is 6.00. The van der Waals surface area contributed by atoms with E-state index in [0.29, 0.717) is 21.2 Å². The van der Waals surface area contributed by atoms with Crippen molar-refractivity contribution in [3.05, 3.63) is 69.2 Å². The maximum atomic E-state index is 12.8. The molecule has 21 heavy (non-hydrogen) atoms. The van der Waals surface area contributed by atoms with Gasteiger partial charge in [-0.1, -0.05) is 53.5 Å². The Bertz CT molecular complexity index is 680. The monoisotopic (exact) mass is 319 g/mol. The zero-order valence-electron chi connectivity index (χ0n) is 11.5. The molecule has 0 atom stereocenters. The Morgan fingerprint density at radius 1 is 1.00 bits per heavy atom. The average molecular weight is 320 g/mol. The molecule has 1 aliphatic heterocycles. The zero-order chi connectivity index (χ0) is 14.8. The minimum absolute atomic E-state index is 0.0707. The molecule has 2 aromatic carbocycles. The molecule has 0 amide bonds. The van der Waals surface area contributed by atoms with Crippen LogP contribution in [0.3, 0.4) is 0 Å². The second-order valence-electron chi connectivity index (χ2n) is 5.22. The van der Waals surface area contributed by atoms with Gasteiger partial charge in [0.05, 0.1) is 10.0 Å². The first-order valence-electron chi connectivity index (χ1n) is 6.96. The fourth-order valence-corrected chi connectivity index (χ4v) is 2.87. The fraction of sp³-hybridized carbons (Fsp3) is 0.235. The van der Waals surface area contributed by atoms with Crippen LogP contribution in [0.15, 0.2) is 42.5 Å². The summed E-state index contributed by atoms with van der Waals surface area (Å²) < 4.78 is 0. The van der Waals surface area contributed by atoms with Crippen LogP contribution in [0, 0.1) is 0 Å². The lowest BCUT2D eigenvalue weighted by Gasteiger charge is -2.31. The number of carbonyl (C=O) groups excluding carboxylic acids is 1. The van der Waals surface area contributed by atoms with Crippen LogP contribution in [0.4, 0.5) is 0 Å². The molecule has 0 radical (unpaired) electrons. The van der Waals surface area contributed by atoms with Crippen molar-refractivity contribution in [1.29, 1.82) is 0 Å². The number of rotatable bonds is 4. The zero-order valence-corrected chi connectivity index (χ0v) is 13.0. The molecule has 0 aliphatic carbocycles. The van der Waals surface area contributed by atoms with Crippen molar-refractivity contribution in [1.82, 2.24) is 4.90 Å². The van der Waals surface area contributed by atoms with Crippen molar-refractivity contribution in [3.8, 4) is 0 Å². The molecule has 0 bridgehead atoms. The Balaban J connectivity index is 1.95. The van der Waals surface area contributed by atoms with Gasteiger partial charge in [-0.3, -0.25) is 9.69 Å². The first-order chi connectivity index (χ1) is 10.2. The molecule has 4 heteroatoms. The summed E-state index contributed by atoms with van der Waals surface area (Å²) in [6.07, 6.45) is 1.23. The highest BCUT2D eigenvalue weighted by molar-refractivity contribution is 6.44. The number of ketones is 1. The summed E-state index contributed by atoms with van der Waals surface area (Å²) in [5.74, 6) is -0.0707. The lowest BCUT2D eigenvalue weighted by molar-refractivity contribution is 0.103. The molecule has 0 unspecified atom stereocenters. The van der Waals surface area contributed by atoms with Gasteiger partial charge >= 0.3 is 0 Å². The molecule has 3 rings (SSSR count). The summed E-state index contributed by atoms with van der Waals surface area (Å²) in [4.78, 5) is 15.1. The van der Waals surface area contributed by atoms with Gasteiger partial charge in [-0.15, -0.1) is 0 Å². The number of carbonyl (C=O) groups is 1. The Hall–Kier alpha value is -1.35. The molecule has 1 aliphatic rings. The predicted molar refractivity (Wildman–Crippen MR) is 86.2 cm³/mol. The van der Waals surface area contributed by atoms with Crippen molar-refractivity contribution in [2.24, 2.45) is 0 Å².